The van der Waals surface area contributed by atoms with E-state index in [1.165, 1.54) is 31.4 Å². The summed E-state index contributed by atoms with van der Waals surface area (Å²) in [6.45, 7) is 3.59. The van der Waals surface area contributed by atoms with Crippen molar-refractivity contribution >= 4 is 0 Å². The molecule has 160 valence electrons. The van der Waals surface area contributed by atoms with Crippen molar-refractivity contribution in [2.75, 3.05) is 7.05 Å². The van der Waals surface area contributed by atoms with Gasteiger partial charge in [0.2, 0.25) is 0 Å². The topological polar surface area (TPSA) is 90.9 Å². The normalized spacial score (nSPS) is 13.1. The highest BCUT2D eigenvalue weighted by atomic mass is 19.3. The number of hydrogen-bond donors (Lipinski definition) is 2. The van der Waals surface area contributed by atoms with Crippen molar-refractivity contribution in [2.45, 2.75) is 32.5 Å². The van der Waals surface area contributed by atoms with Gasteiger partial charge in [0.05, 0.1) is 22.9 Å². The van der Waals surface area contributed by atoms with E-state index in [1.54, 1.807) is 35.9 Å². The van der Waals surface area contributed by atoms with Gasteiger partial charge in [0.15, 0.2) is 5.43 Å². The average Bonchev–Trinajstić information content (AvgIpc) is 2.78. The van der Waals surface area contributed by atoms with E-state index in [0.717, 1.165) is 0 Å². The van der Waals surface area contributed by atoms with Crippen molar-refractivity contribution in [1.29, 1.82) is 5.26 Å². The van der Waals surface area contributed by atoms with E-state index >= 15 is 0 Å². The van der Waals surface area contributed by atoms with E-state index in [0.29, 0.717) is 22.5 Å². The first-order valence-corrected chi connectivity index (χ1v) is 9.64. The molecule has 2 atom stereocenters. The molecule has 0 saturated carbocycles. The highest BCUT2D eigenvalue weighted by Gasteiger charge is 2.22. The number of alkyl halides is 2. The van der Waals surface area contributed by atoms with Gasteiger partial charge in [-0.05, 0) is 44.7 Å². The Bertz CT molecular complexity index is 1180. The minimum Gasteiger partial charge on any atom is -0.374 e. The molecule has 1 aromatic carbocycles. The standard InChI is InChI=1S/C23H22F2N4O2/c1-13(19-8-7-15(10-26)11-28-19)29-12-18(23(31)27-3)21(30)20(14(29)2)16-5-4-6-17(9-16)22(24)25/h4-9,11-13,22-23,27,31H,1-3H3. The molecule has 31 heavy (non-hydrogen) atoms. The Morgan fingerprint density at radius 1 is 1.26 bits per heavy atom. The van der Waals surface area contributed by atoms with E-state index in [2.05, 4.69) is 10.3 Å². The maximum Gasteiger partial charge on any atom is 0.263 e. The first-order valence-electron chi connectivity index (χ1n) is 9.64. The molecule has 2 N–H and O–H groups in total. The summed E-state index contributed by atoms with van der Waals surface area (Å²) in [5.74, 6) is 0. The second kappa shape index (κ2) is 9.16. The molecule has 3 rings (SSSR count). The number of rotatable bonds is 6. The first-order chi connectivity index (χ1) is 14.8. The average molecular weight is 424 g/mol. The Morgan fingerprint density at radius 3 is 2.58 bits per heavy atom. The predicted molar refractivity (Wildman–Crippen MR) is 113 cm³/mol. The SMILES string of the molecule is CNC(O)c1cn(C(C)c2ccc(C#N)cn2)c(C)c(-c2cccc(C(F)F)c2)c1=O. The van der Waals surface area contributed by atoms with Gasteiger partial charge >= 0.3 is 0 Å². The van der Waals surface area contributed by atoms with Crippen LogP contribution in [-0.4, -0.2) is 21.7 Å². The van der Waals surface area contributed by atoms with Gasteiger partial charge < -0.3 is 9.67 Å². The van der Waals surface area contributed by atoms with Gasteiger partial charge in [-0.2, -0.15) is 5.26 Å². The summed E-state index contributed by atoms with van der Waals surface area (Å²) in [7, 11) is 1.51. The summed E-state index contributed by atoms with van der Waals surface area (Å²) in [4.78, 5) is 17.5. The molecular formula is C23H22F2N4O2. The van der Waals surface area contributed by atoms with Gasteiger partial charge in [-0.15, -0.1) is 0 Å². The number of pyridine rings is 2. The van der Waals surface area contributed by atoms with Gasteiger partial charge in [-0.3, -0.25) is 15.1 Å². The van der Waals surface area contributed by atoms with Gasteiger partial charge in [0, 0.05) is 29.2 Å². The number of benzene rings is 1. The molecular weight excluding hydrogens is 402 g/mol. The molecule has 0 saturated heterocycles. The second-order valence-electron chi connectivity index (χ2n) is 7.16. The van der Waals surface area contributed by atoms with Crippen LogP contribution >= 0.6 is 0 Å². The third-order valence-electron chi connectivity index (χ3n) is 5.27. The van der Waals surface area contributed by atoms with Crippen LogP contribution in [0.2, 0.25) is 0 Å². The van der Waals surface area contributed by atoms with Crippen LogP contribution in [0.1, 0.15) is 53.7 Å². The number of hydrogen-bond acceptors (Lipinski definition) is 5. The van der Waals surface area contributed by atoms with Gasteiger partial charge in [-0.1, -0.05) is 18.2 Å². The lowest BCUT2D eigenvalue weighted by molar-refractivity contribution is 0.147. The van der Waals surface area contributed by atoms with Gasteiger partial charge in [0.1, 0.15) is 12.3 Å². The molecule has 0 bridgehead atoms. The maximum absolute atomic E-state index is 13.3. The first kappa shape index (κ1) is 22.3. The van der Waals surface area contributed by atoms with Crippen molar-refractivity contribution < 1.29 is 13.9 Å². The molecule has 0 radical (unpaired) electrons. The smallest absolute Gasteiger partial charge is 0.263 e. The largest absolute Gasteiger partial charge is 0.374 e. The summed E-state index contributed by atoms with van der Waals surface area (Å²) >= 11 is 0. The fourth-order valence-corrected chi connectivity index (χ4v) is 3.53. The molecule has 0 spiro atoms. The molecule has 0 fully saturated rings. The van der Waals surface area contributed by atoms with Crippen molar-refractivity contribution in [3.63, 3.8) is 0 Å². The van der Waals surface area contributed by atoms with Crippen molar-refractivity contribution in [3.05, 3.63) is 87.1 Å². The molecule has 2 heterocycles. The number of halogens is 2. The molecule has 2 unspecified atom stereocenters. The molecule has 0 aliphatic carbocycles. The van der Waals surface area contributed by atoms with Crippen LogP contribution in [0.5, 0.6) is 0 Å². The Morgan fingerprint density at radius 2 is 2.00 bits per heavy atom. The number of aliphatic hydroxyl groups is 1. The van der Waals surface area contributed by atoms with E-state index in [9.17, 15) is 18.7 Å². The molecule has 0 aliphatic rings. The lowest BCUT2D eigenvalue weighted by Crippen LogP contribution is -2.28. The molecule has 0 aliphatic heterocycles. The zero-order valence-electron chi connectivity index (χ0n) is 17.3. The zero-order chi connectivity index (χ0) is 22.7. The van der Waals surface area contributed by atoms with Crippen LogP contribution < -0.4 is 10.7 Å². The van der Waals surface area contributed by atoms with Gasteiger partial charge in [-0.25, -0.2) is 8.78 Å². The molecule has 6 nitrogen and oxygen atoms in total. The Kier molecular flexibility index (Phi) is 6.59. The lowest BCUT2D eigenvalue weighted by atomic mass is 9.98. The summed E-state index contributed by atoms with van der Waals surface area (Å²) in [6, 6.07) is 10.7. The van der Waals surface area contributed by atoms with Crippen LogP contribution in [0.3, 0.4) is 0 Å². The van der Waals surface area contributed by atoms with Crippen LogP contribution in [0.4, 0.5) is 8.78 Å². The lowest BCUT2D eigenvalue weighted by Gasteiger charge is -2.24. The number of aromatic nitrogens is 2. The van der Waals surface area contributed by atoms with Crippen LogP contribution in [-0.2, 0) is 0 Å². The van der Waals surface area contributed by atoms with Crippen molar-refractivity contribution in [2.24, 2.45) is 0 Å². The summed E-state index contributed by atoms with van der Waals surface area (Å²) in [6.07, 6.45) is -0.906. The summed E-state index contributed by atoms with van der Waals surface area (Å²) in [5.41, 5.74) is 1.64. The second-order valence-corrected chi connectivity index (χ2v) is 7.16. The van der Waals surface area contributed by atoms with E-state index in [-0.39, 0.29) is 22.7 Å². The molecule has 3 aromatic rings. The third kappa shape index (κ3) is 4.38. The molecule has 0 amide bonds. The monoisotopic (exact) mass is 424 g/mol. The Labute approximate surface area is 178 Å². The number of aliphatic hydroxyl groups excluding tert-OH is 1. The van der Waals surface area contributed by atoms with E-state index in [4.69, 9.17) is 5.26 Å². The van der Waals surface area contributed by atoms with Crippen LogP contribution in [0.25, 0.3) is 11.1 Å². The zero-order valence-corrected chi connectivity index (χ0v) is 17.3. The van der Waals surface area contributed by atoms with Crippen molar-refractivity contribution in [3.8, 4) is 17.2 Å². The number of nitrogens with one attached hydrogen (secondary N) is 1. The van der Waals surface area contributed by atoms with Gasteiger partial charge in [0.25, 0.3) is 6.43 Å². The number of nitriles is 1. The fraction of sp³-hybridized carbons (Fsp3) is 0.261. The minimum absolute atomic E-state index is 0.0889. The fourth-order valence-electron chi connectivity index (χ4n) is 3.53. The highest BCUT2D eigenvalue weighted by molar-refractivity contribution is 5.67. The predicted octanol–water partition coefficient (Wildman–Crippen LogP) is 3.85. The Hall–Kier alpha value is -3.41. The highest BCUT2D eigenvalue weighted by Crippen LogP contribution is 2.29. The van der Waals surface area contributed by atoms with Crippen LogP contribution in [0.15, 0.2) is 53.6 Å². The Balaban J connectivity index is 2.25. The molecule has 2 aromatic heterocycles. The van der Waals surface area contributed by atoms with Crippen molar-refractivity contribution in [1.82, 2.24) is 14.9 Å². The molecule has 8 heteroatoms. The van der Waals surface area contributed by atoms with E-state index < -0.39 is 18.1 Å². The maximum atomic E-state index is 13.3. The number of nitrogens with zero attached hydrogens (tertiary/aromatic N) is 3. The quantitative estimate of drug-likeness (QED) is 0.587. The minimum atomic E-state index is -2.67. The summed E-state index contributed by atoms with van der Waals surface area (Å²) in [5, 5.41) is 22.0. The van der Waals surface area contributed by atoms with E-state index in [1.807, 2.05) is 13.0 Å². The summed E-state index contributed by atoms with van der Waals surface area (Å²) < 4.78 is 28.3. The van der Waals surface area contributed by atoms with Crippen LogP contribution in [0, 0.1) is 18.3 Å². The third-order valence-corrected chi connectivity index (χ3v) is 5.27.